The Labute approximate surface area is 171 Å². The van der Waals surface area contributed by atoms with Crippen LogP contribution in [0.5, 0.6) is 0 Å². The van der Waals surface area contributed by atoms with Crippen molar-refractivity contribution in [3.63, 3.8) is 0 Å². The lowest BCUT2D eigenvalue weighted by atomic mass is 9.82. The van der Waals surface area contributed by atoms with Crippen LogP contribution in [-0.4, -0.2) is 35.0 Å². The van der Waals surface area contributed by atoms with Crippen molar-refractivity contribution >= 4 is 41.1 Å². The van der Waals surface area contributed by atoms with Gasteiger partial charge in [-0.1, -0.05) is 30.1 Å². The smallest absolute Gasteiger partial charge is 0.256 e. The van der Waals surface area contributed by atoms with Gasteiger partial charge >= 0.3 is 0 Å². The number of benzene rings is 1. The normalized spacial score (nSPS) is 21.2. The molecule has 2 atom stereocenters. The molecule has 0 bridgehead atoms. The summed E-state index contributed by atoms with van der Waals surface area (Å²) in [5.41, 5.74) is 0.867. The summed E-state index contributed by atoms with van der Waals surface area (Å²) in [5, 5.41) is 19.5. The maximum atomic E-state index is 12.7. The topological polar surface area (TPSA) is 94.5 Å². The van der Waals surface area contributed by atoms with Gasteiger partial charge in [-0.15, -0.1) is 0 Å². The summed E-state index contributed by atoms with van der Waals surface area (Å²) in [6, 6.07) is 10.3. The number of imide groups is 1. The number of nitrogens with zero attached hydrogens (tertiary/aromatic N) is 2. The molecular formula is C20H16Cl2N2O4. The van der Waals surface area contributed by atoms with E-state index >= 15 is 0 Å². The second-order valence-corrected chi connectivity index (χ2v) is 7.18. The molecule has 8 heteroatoms. The van der Waals surface area contributed by atoms with E-state index in [0.717, 1.165) is 4.90 Å². The molecule has 0 spiro atoms. The molecule has 6 nitrogen and oxygen atoms in total. The van der Waals surface area contributed by atoms with E-state index in [1.54, 1.807) is 37.3 Å². The quantitative estimate of drug-likeness (QED) is 0.602. The van der Waals surface area contributed by atoms with Crippen molar-refractivity contribution in [2.45, 2.75) is 6.92 Å². The lowest BCUT2D eigenvalue weighted by Gasteiger charge is -2.33. The molecule has 1 fully saturated rings. The van der Waals surface area contributed by atoms with Crippen molar-refractivity contribution in [2.75, 3.05) is 13.2 Å². The maximum Gasteiger partial charge on any atom is 0.256 e. The van der Waals surface area contributed by atoms with Crippen LogP contribution in [0, 0.1) is 23.2 Å². The summed E-state index contributed by atoms with van der Waals surface area (Å²) in [7, 11) is 0. The van der Waals surface area contributed by atoms with Crippen LogP contribution in [0.25, 0.3) is 17.4 Å². The first kappa shape index (κ1) is 20.2. The Balaban J connectivity index is 1.99. The molecule has 0 aliphatic carbocycles. The number of nitriles is 1. The Morgan fingerprint density at radius 2 is 2.04 bits per heavy atom. The zero-order valence-corrected chi connectivity index (χ0v) is 16.4. The number of carbonyl (C=O) groups is 2. The summed E-state index contributed by atoms with van der Waals surface area (Å²) in [6.07, 6.45) is 1.51. The van der Waals surface area contributed by atoms with E-state index in [0.29, 0.717) is 27.1 Å². The van der Waals surface area contributed by atoms with E-state index in [-0.39, 0.29) is 18.7 Å². The van der Waals surface area contributed by atoms with Crippen LogP contribution in [0.4, 0.5) is 0 Å². The van der Waals surface area contributed by atoms with Gasteiger partial charge in [0.25, 0.3) is 5.91 Å². The SMILES string of the molecule is CC1/C(=C\c2ccc(-c3cc(Cl)ccc3Cl)o2)C(=O)N(CCO)C(=O)C1C#N. The summed E-state index contributed by atoms with van der Waals surface area (Å²) < 4.78 is 5.79. The predicted octanol–water partition coefficient (Wildman–Crippen LogP) is 3.77. The first-order valence-corrected chi connectivity index (χ1v) is 9.26. The van der Waals surface area contributed by atoms with Crippen LogP contribution < -0.4 is 0 Å². The highest BCUT2D eigenvalue weighted by atomic mass is 35.5. The van der Waals surface area contributed by atoms with Crippen molar-refractivity contribution in [1.82, 2.24) is 4.90 Å². The fraction of sp³-hybridized carbons (Fsp3) is 0.250. The molecule has 2 aromatic rings. The third-order valence-corrected chi connectivity index (χ3v) is 5.16. The highest BCUT2D eigenvalue weighted by molar-refractivity contribution is 6.35. The van der Waals surface area contributed by atoms with Crippen molar-refractivity contribution < 1.29 is 19.1 Å². The third-order valence-electron chi connectivity index (χ3n) is 4.60. The molecule has 144 valence electrons. The monoisotopic (exact) mass is 418 g/mol. The molecule has 1 saturated heterocycles. The molecule has 0 radical (unpaired) electrons. The number of piperidine rings is 1. The predicted molar refractivity (Wildman–Crippen MR) is 104 cm³/mol. The first-order valence-electron chi connectivity index (χ1n) is 8.50. The van der Waals surface area contributed by atoms with E-state index in [4.69, 9.17) is 32.7 Å². The molecule has 2 amide bonds. The van der Waals surface area contributed by atoms with E-state index < -0.39 is 23.7 Å². The van der Waals surface area contributed by atoms with Gasteiger partial charge in [0.05, 0.1) is 24.2 Å². The average molecular weight is 419 g/mol. The van der Waals surface area contributed by atoms with Gasteiger partial charge in [-0.05, 0) is 36.4 Å². The maximum absolute atomic E-state index is 12.7. The highest BCUT2D eigenvalue weighted by Gasteiger charge is 2.42. The Kier molecular flexibility index (Phi) is 5.90. The fourth-order valence-electron chi connectivity index (χ4n) is 3.10. The number of rotatable bonds is 4. The Bertz CT molecular complexity index is 1010. The molecule has 1 aliphatic heterocycles. The van der Waals surface area contributed by atoms with Crippen molar-refractivity contribution in [3.05, 3.63) is 51.7 Å². The number of aliphatic hydroxyl groups excluding tert-OH is 1. The van der Waals surface area contributed by atoms with E-state index in [1.807, 2.05) is 6.07 Å². The number of amides is 2. The number of carbonyl (C=O) groups excluding carboxylic acids is 2. The molecule has 3 rings (SSSR count). The van der Waals surface area contributed by atoms with Gasteiger partial charge in [0, 0.05) is 22.1 Å². The number of hydrogen-bond donors (Lipinski definition) is 1. The standard InChI is InChI=1S/C20H16Cl2N2O4/c1-11-14(19(26)24(6-7-25)20(27)16(11)10-23)9-13-3-5-18(28-13)15-8-12(21)2-4-17(15)22/h2-5,8-9,11,16,25H,6-7H2,1H3/b14-9+. The summed E-state index contributed by atoms with van der Waals surface area (Å²) >= 11 is 12.2. The third kappa shape index (κ3) is 3.69. The molecule has 28 heavy (non-hydrogen) atoms. The zero-order valence-electron chi connectivity index (χ0n) is 14.9. The molecule has 1 N–H and O–H groups in total. The number of halogens is 2. The lowest BCUT2D eigenvalue weighted by molar-refractivity contribution is -0.148. The number of likely N-dealkylation sites (tertiary alicyclic amines) is 1. The van der Waals surface area contributed by atoms with Crippen LogP contribution in [0.1, 0.15) is 12.7 Å². The van der Waals surface area contributed by atoms with Gasteiger partial charge in [-0.3, -0.25) is 14.5 Å². The van der Waals surface area contributed by atoms with Crippen molar-refractivity contribution in [1.29, 1.82) is 5.26 Å². The van der Waals surface area contributed by atoms with Gasteiger partial charge in [0.2, 0.25) is 5.91 Å². The van der Waals surface area contributed by atoms with E-state index in [1.165, 1.54) is 6.08 Å². The molecule has 2 heterocycles. The van der Waals surface area contributed by atoms with Crippen LogP contribution in [0.3, 0.4) is 0 Å². The fourth-order valence-corrected chi connectivity index (χ4v) is 3.48. The second-order valence-electron chi connectivity index (χ2n) is 6.34. The number of β-amino-alcohol motifs (C(OH)–C–C–N with tert-alkyl or cyclic N) is 1. The molecule has 1 aromatic heterocycles. The second kappa shape index (κ2) is 8.19. The molecule has 0 saturated carbocycles. The van der Waals surface area contributed by atoms with E-state index in [2.05, 4.69) is 0 Å². The minimum Gasteiger partial charge on any atom is -0.457 e. The van der Waals surface area contributed by atoms with Gasteiger partial charge in [-0.25, -0.2) is 0 Å². The van der Waals surface area contributed by atoms with Gasteiger partial charge < -0.3 is 9.52 Å². The molecule has 2 unspecified atom stereocenters. The lowest BCUT2D eigenvalue weighted by Crippen LogP contribution is -2.50. The number of furan rings is 1. The first-order chi connectivity index (χ1) is 13.4. The van der Waals surface area contributed by atoms with Crippen LogP contribution in [0.2, 0.25) is 10.0 Å². The van der Waals surface area contributed by atoms with Crippen LogP contribution in [-0.2, 0) is 9.59 Å². The molecular weight excluding hydrogens is 403 g/mol. The molecule has 1 aromatic carbocycles. The highest BCUT2D eigenvalue weighted by Crippen LogP contribution is 2.34. The largest absolute Gasteiger partial charge is 0.457 e. The van der Waals surface area contributed by atoms with Gasteiger partial charge in [0.15, 0.2) is 0 Å². The zero-order chi connectivity index (χ0) is 20.4. The van der Waals surface area contributed by atoms with Gasteiger partial charge in [0.1, 0.15) is 17.4 Å². The number of hydrogen-bond acceptors (Lipinski definition) is 5. The minimum absolute atomic E-state index is 0.165. The summed E-state index contributed by atoms with van der Waals surface area (Å²) in [5.74, 6) is -1.92. The Morgan fingerprint density at radius 3 is 2.71 bits per heavy atom. The molecule has 1 aliphatic rings. The summed E-state index contributed by atoms with van der Waals surface area (Å²) in [4.78, 5) is 25.9. The van der Waals surface area contributed by atoms with Crippen LogP contribution >= 0.6 is 23.2 Å². The van der Waals surface area contributed by atoms with Crippen LogP contribution in [0.15, 0.2) is 40.3 Å². The Hall–Kier alpha value is -2.59. The van der Waals surface area contributed by atoms with E-state index in [9.17, 15) is 14.9 Å². The minimum atomic E-state index is -1.01. The van der Waals surface area contributed by atoms with Crippen molar-refractivity contribution in [2.24, 2.45) is 11.8 Å². The number of aliphatic hydroxyl groups is 1. The summed E-state index contributed by atoms with van der Waals surface area (Å²) in [6.45, 7) is 1.10. The van der Waals surface area contributed by atoms with Crippen molar-refractivity contribution in [3.8, 4) is 17.4 Å². The van der Waals surface area contributed by atoms with Gasteiger partial charge in [-0.2, -0.15) is 5.26 Å². The Morgan fingerprint density at radius 1 is 1.29 bits per heavy atom. The average Bonchev–Trinajstić information content (AvgIpc) is 3.13.